The topological polar surface area (TPSA) is 93.6 Å². The van der Waals surface area contributed by atoms with Gasteiger partial charge in [0.2, 0.25) is 5.82 Å². The van der Waals surface area contributed by atoms with E-state index in [4.69, 9.17) is 8.94 Å². The fourth-order valence-corrected chi connectivity index (χ4v) is 1.14. The second-order valence-corrected chi connectivity index (χ2v) is 2.77. The molecule has 7 nitrogen and oxygen atoms in total. The van der Waals surface area contributed by atoms with Crippen molar-refractivity contribution in [3.05, 3.63) is 24.9 Å². The molecule has 1 N–H and O–H groups in total. The third-order valence-electron chi connectivity index (χ3n) is 1.82. The van der Waals surface area contributed by atoms with Gasteiger partial charge in [0.05, 0.1) is 11.8 Å². The molecule has 3 heterocycles. The normalized spacial score (nSPS) is 10.7. The van der Waals surface area contributed by atoms with E-state index in [1.807, 2.05) is 0 Å². The van der Waals surface area contributed by atoms with Crippen molar-refractivity contribution in [2.45, 2.75) is 0 Å². The molecule has 3 aromatic rings. The molecule has 0 saturated heterocycles. The molecule has 74 valence electrons. The number of hydrogen-bond acceptors (Lipinski definition) is 6. The van der Waals surface area contributed by atoms with Gasteiger partial charge in [-0.05, 0) is 6.07 Å². The monoisotopic (exact) mass is 203 g/mol. The number of furan rings is 1. The summed E-state index contributed by atoms with van der Waals surface area (Å²) in [5.41, 5.74) is 0.730. The Balaban J connectivity index is 2.02. The molecule has 0 atom stereocenters. The predicted molar refractivity (Wildman–Crippen MR) is 47.4 cm³/mol. The fraction of sp³-hybridized carbons (Fsp3) is 0. The van der Waals surface area contributed by atoms with Crippen molar-refractivity contribution < 1.29 is 8.94 Å². The fourth-order valence-electron chi connectivity index (χ4n) is 1.14. The highest BCUT2D eigenvalue weighted by molar-refractivity contribution is 5.53. The Kier molecular flexibility index (Phi) is 1.61. The second kappa shape index (κ2) is 3.05. The Morgan fingerprint density at radius 3 is 3.07 bits per heavy atom. The van der Waals surface area contributed by atoms with E-state index in [1.54, 1.807) is 6.07 Å². The highest BCUT2D eigenvalue weighted by Gasteiger charge is 2.12. The summed E-state index contributed by atoms with van der Waals surface area (Å²) in [6.07, 6.45) is 4.44. The minimum atomic E-state index is 0.365. The van der Waals surface area contributed by atoms with Crippen LogP contribution in [0.4, 0.5) is 0 Å². The van der Waals surface area contributed by atoms with E-state index >= 15 is 0 Å². The first-order valence-electron chi connectivity index (χ1n) is 4.15. The van der Waals surface area contributed by atoms with Gasteiger partial charge in [-0.3, -0.25) is 5.10 Å². The first-order valence-corrected chi connectivity index (χ1v) is 4.15. The third kappa shape index (κ3) is 1.30. The number of nitrogens with zero attached hydrogens (tertiary/aromatic N) is 4. The molecule has 0 aliphatic rings. The van der Waals surface area contributed by atoms with Crippen molar-refractivity contribution in [3.63, 3.8) is 0 Å². The lowest BCUT2D eigenvalue weighted by Crippen LogP contribution is -1.82. The van der Waals surface area contributed by atoms with Crippen molar-refractivity contribution in [1.82, 2.24) is 25.3 Å². The standard InChI is InChI=1S/C8H5N5O2/c1-2-14-3-5(1)8-11-7(13-15-8)6-9-4-10-12-6/h1-4H,(H,9,10,12). The molecule has 0 fully saturated rings. The molecule has 0 unspecified atom stereocenters. The summed E-state index contributed by atoms with van der Waals surface area (Å²) in [4.78, 5) is 8.03. The molecule has 3 rings (SSSR count). The quantitative estimate of drug-likeness (QED) is 0.670. The summed E-state index contributed by atoms with van der Waals surface area (Å²) in [6, 6.07) is 1.73. The summed E-state index contributed by atoms with van der Waals surface area (Å²) in [7, 11) is 0. The van der Waals surface area contributed by atoms with E-state index in [2.05, 4.69) is 25.3 Å². The summed E-state index contributed by atoms with van der Waals surface area (Å²) in [5, 5.41) is 10.1. The van der Waals surface area contributed by atoms with E-state index in [0.29, 0.717) is 17.5 Å². The van der Waals surface area contributed by atoms with Crippen LogP contribution in [0.25, 0.3) is 23.1 Å². The maximum atomic E-state index is 5.02. The Morgan fingerprint density at radius 2 is 2.33 bits per heavy atom. The zero-order chi connectivity index (χ0) is 10.1. The van der Waals surface area contributed by atoms with E-state index < -0.39 is 0 Å². The molecule has 3 aromatic heterocycles. The molecule has 0 radical (unpaired) electrons. The maximum absolute atomic E-state index is 5.02. The van der Waals surface area contributed by atoms with Gasteiger partial charge < -0.3 is 8.94 Å². The van der Waals surface area contributed by atoms with Gasteiger partial charge >= 0.3 is 0 Å². The maximum Gasteiger partial charge on any atom is 0.261 e. The lowest BCUT2D eigenvalue weighted by Gasteiger charge is -1.82. The van der Waals surface area contributed by atoms with Crippen molar-refractivity contribution in [1.29, 1.82) is 0 Å². The van der Waals surface area contributed by atoms with Crippen LogP contribution in [0.5, 0.6) is 0 Å². The van der Waals surface area contributed by atoms with Gasteiger partial charge in [-0.15, -0.1) is 0 Å². The van der Waals surface area contributed by atoms with Crippen molar-refractivity contribution in [2.75, 3.05) is 0 Å². The van der Waals surface area contributed by atoms with Crippen LogP contribution in [0, 0.1) is 0 Å². The molecule has 15 heavy (non-hydrogen) atoms. The summed E-state index contributed by atoms with van der Waals surface area (Å²) in [6.45, 7) is 0. The molecule has 7 heteroatoms. The van der Waals surface area contributed by atoms with Gasteiger partial charge in [0.1, 0.15) is 12.6 Å². The van der Waals surface area contributed by atoms with E-state index in [1.165, 1.54) is 18.9 Å². The van der Waals surface area contributed by atoms with Crippen LogP contribution in [0.3, 0.4) is 0 Å². The van der Waals surface area contributed by atoms with Gasteiger partial charge in [-0.2, -0.15) is 10.1 Å². The molecular formula is C8H5N5O2. The van der Waals surface area contributed by atoms with Crippen LogP contribution >= 0.6 is 0 Å². The Labute approximate surface area is 83.1 Å². The highest BCUT2D eigenvalue weighted by atomic mass is 16.5. The number of rotatable bonds is 2. The minimum absolute atomic E-state index is 0.365. The van der Waals surface area contributed by atoms with Crippen LogP contribution in [0.2, 0.25) is 0 Å². The molecule has 0 bridgehead atoms. The summed E-state index contributed by atoms with van der Waals surface area (Å²) < 4.78 is 9.93. The Bertz CT molecular complexity index is 491. The third-order valence-corrected chi connectivity index (χ3v) is 1.82. The van der Waals surface area contributed by atoms with E-state index in [0.717, 1.165) is 5.56 Å². The van der Waals surface area contributed by atoms with Crippen LogP contribution in [0.1, 0.15) is 0 Å². The molecule has 0 aliphatic heterocycles. The molecule has 0 spiro atoms. The first kappa shape index (κ1) is 7.92. The van der Waals surface area contributed by atoms with Crippen molar-refractivity contribution >= 4 is 0 Å². The zero-order valence-corrected chi connectivity index (χ0v) is 7.41. The van der Waals surface area contributed by atoms with Crippen LogP contribution in [-0.2, 0) is 0 Å². The average Bonchev–Trinajstić information content (AvgIpc) is 3.02. The van der Waals surface area contributed by atoms with Gasteiger partial charge in [-0.25, -0.2) is 4.98 Å². The number of aromatic nitrogens is 5. The lowest BCUT2D eigenvalue weighted by molar-refractivity contribution is 0.431. The molecule has 0 aromatic carbocycles. The van der Waals surface area contributed by atoms with Crippen LogP contribution in [0.15, 0.2) is 33.9 Å². The molecular weight excluding hydrogens is 198 g/mol. The molecule has 0 aliphatic carbocycles. The van der Waals surface area contributed by atoms with Gasteiger partial charge in [0, 0.05) is 0 Å². The van der Waals surface area contributed by atoms with Gasteiger partial charge in [-0.1, -0.05) is 5.16 Å². The number of nitrogens with one attached hydrogen (secondary N) is 1. The SMILES string of the molecule is c1n[nH]c(-c2noc(-c3ccoc3)n2)n1. The van der Waals surface area contributed by atoms with Gasteiger partial charge in [0.15, 0.2) is 5.82 Å². The minimum Gasteiger partial charge on any atom is -0.472 e. The highest BCUT2D eigenvalue weighted by Crippen LogP contribution is 2.19. The average molecular weight is 203 g/mol. The summed E-state index contributed by atoms with van der Waals surface area (Å²) in [5.74, 6) is 1.22. The number of aromatic amines is 1. The van der Waals surface area contributed by atoms with Crippen LogP contribution < -0.4 is 0 Å². The number of hydrogen-bond donors (Lipinski definition) is 1. The number of H-pyrrole nitrogens is 1. The lowest BCUT2D eigenvalue weighted by atomic mass is 10.3. The largest absolute Gasteiger partial charge is 0.472 e. The Morgan fingerprint density at radius 1 is 1.33 bits per heavy atom. The zero-order valence-electron chi connectivity index (χ0n) is 7.41. The smallest absolute Gasteiger partial charge is 0.261 e. The van der Waals surface area contributed by atoms with E-state index in [9.17, 15) is 0 Å². The Hall–Kier alpha value is -2.44. The van der Waals surface area contributed by atoms with Crippen LogP contribution in [-0.4, -0.2) is 25.3 Å². The molecule has 0 amide bonds. The van der Waals surface area contributed by atoms with Crippen molar-refractivity contribution in [2.24, 2.45) is 0 Å². The first-order chi connectivity index (χ1) is 7.43. The molecule has 0 saturated carbocycles. The van der Waals surface area contributed by atoms with Gasteiger partial charge in [0.25, 0.3) is 5.89 Å². The summed E-state index contributed by atoms with van der Waals surface area (Å²) >= 11 is 0. The second-order valence-electron chi connectivity index (χ2n) is 2.77. The van der Waals surface area contributed by atoms with Crippen molar-refractivity contribution in [3.8, 4) is 23.1 Å². The predicted octanol–water partition coefficient (Wildman–Crippen LogP) is 1.11. The van der Waals surface area contributed by atoms with E-state index in [-0.39, 0.29) is 0 Å².